The Morgan fingerprint density at radius 2 is 2.00 bits per heavy atom. The van der Waals surface area contributed by atoms with Gasteiger partial charge in [-0.05, 0) is 31.0 Å². The van der Waals surface area contributed by atoms with Crippen LogP contribution in [0.4, 0.5) is 0 Å². The maximum atomic E-state index is 13.1. The van der Waals surface area contributed by atoms with Crippen molar-refractivity contribution in [1.29, 1.82) is 0 Å². The van der Waals surface area contributed by atoms with Crippen LogP contribution in [0.5, 0.6) is 0 Å². The maximum Gasteiger partial charge on any atom is 0.255 e. The third kappa shape index (κ3) is 2.48. The highest BCUT2D eigenvalue weighted by atomic mass is 16.2. The number of benzene rings is 1. The van der Waals surface area contributed by atoms with Gasteiger partial charge in [-0.15, -0.1) is 0 Å². The number of hydrogen-bond donors (Lipinski definition) is 1. The summed E-state index contributed by atoms with van der Waals surface area (Å²) in [5.74, 6) is -0.106. The van der Waals surface area contributed by atoms with Gasteiger partial charge in [0, 0.05) is 29.7 Å². The molecular formula is C19H17N3O2. The highest BCUT2D eigenvalue weighted by Crippen LogP contribution is 2.32. The van der Waals surface area contributed by atoms with Crippen molar-refractivity contribution in [3.63, 3.8) is 0 Å². The van der Waals surface area contributed by atoms with E-state index >= 15 is 0 Å². The summed E-state index contributed by atoms with van der Waals surface area (Å²) in [5.41, 5.74) is 1.78. The molecule has 1 amide bonds. The van der Waals surface area contributed by atoms with Crippen molar-refractivity contribution in [1.82, 2.24) is 14.9 Å². The van der Waals surface area contributed by atoms with E-state index in [1.807, 2.05) is 47.4 Å². The summed E-state index contributed by atoms with van der Waals surface area (Å²) >= 11 is 0. The summed E-state index contributed by atoms with van der Waals surface area (Å²) in [6.07, 6.45) is 3.58. The van der Waals surface area contributed by atoms with E-state index < -0.39 is 0 Å². The van der Waals surface area contributed by atoms with Crippen LogP contribution in [-0.2, 0) is 0 Å². The number of aromatic nitrogens is 2. The van der Waals surface area contributed by atoms with Crippen LogP contribution in [0.2, 0.25) is 0 Å². The highest BCUT2D eigenvalue weighted by molar-refractivity contribution is 6.06. The smallest absolute Gasteiger partial charge is 0.255 e. The van der Waals surface area contributed by atoms with E-state index in [0.29, 0.717) is 17.6 Å². The van der Waals surface area contributed by atoms with E-state index in [1.165, 1.54) is 6.07 Å². The molecule has 0 radical (unpaired) electrons. The molecule has 0 aliphatic carbocycles. The number of fused-ring (bicyclic) bond motifs is 1. The van der Waals surface area contributed by atoms with Gasteiger partial charge in [-0.1, -0.05) is 24.3 Å². The van der Waals surface area contributed by atoms with E-state index in [1.54, 1.807) is 6.20 Å². The normalized spacial score (nSPS) is 17.3. The van der Waals surface area contributed by atoms with Crippen LogP contribution in [0.3, 0.4) is 0 Å². The van der Waals surface area contributed by atoms with E-state index in [2.05, 4.69) is 9.97 Å². The van der Waals surface area contributed by atoms with E-state index in [4.69, 9.17) is 0 Å². The minimum atomic E-state index is -0.259. The van der Waals surface area contributed by atoms with E-state index in [-0.39, 0.29) is 17.5 Å². The standard InChI is InChI=1S/C19H17N3O2/c23-18-12-14(13-6-1-2-7-15(13)21-18)19(24)22-11-5-9-17(22)16-8-3-4-10-20-16/h1-4,6-8,10,12,17H,5,9,11H2,(H,21,23). The fourth-order valence-corrected chi connectivity index (χ4v) is 3.43. The zero-order valence-electron chi connectivity index (χ0n) is 13.1. The molecule has 1 aliphatic rings. The van der Waals surface area contributed by atoms with Crippen LogP contribution in [0.15, 0.2) is 59.5 Å². The van der Waals surface area contributed by atoms with Crippen molar-refractivity contribution >= 4 is 16.8 Å². The lowest BCUT2D eigenvalue weighted by Crippen LogP contribution is -2.32. The summed E-state index contributed by atoms with van der Waals surface area (Å²) < 4.78 is 0. The van der Waals surface area contributed by atoms with Gasteiger partial charge in [-0.2, -0.15) is 0 Å². The third-order valence-corrected chi connectivity index (χ3v) is 4.52. The number of hydrogen-bond acceptors (Lipinski definition) is 3. The van der Waals surface area contributed by atoms with Gasteiger partial charge in [0.05, 0.1) is 17.3 Å². The molecule has 1 saturated heterocycles. The van der Waals surface area contributed by atoms with Gasteiger partial charge in [0.1, 0.15) is 0 Å². The Morgan fingerprint density at radius 3 is 2.83 bits per heavy atom. The molecule has 5 heteroatoms. The molecule has 1 unspecified atom stereocenters. The van der Waals surface area contributed by atoms with Crippen molar-refractivity contribution in [3.8, 4) is 0 Å². The lowest BCUT2D eigenvalue weighted by atomic mass is 10.1. The first-order chi connectivity index (χ1) is 11.7. The zero-order chi connectivity index (χ0) is 16.5. The first-order valence-electron chi connectivity index (χ1n) is 8.08. The molecule has 0 bridgehead atoms. The number of nitrogens with one attached hydrogen (secondary N) is 1. The highest BCUT2D eigenvalue weighted by Gasteiger charge is 2.32. The molecular weight excluding hydrogens is 302 g/mol. The molecule has 3 aromatic rings. The largest absolute Gasteiger partial charge is 0.330 e. The Balaban J connectivity index is 1.77. The molecule has 0 saturated carbocycles. The van der Waals surface area contributed by atoms with Crippen molar-refractivity contribution in [2.24, 2.45) is 0 Å². The van der Waals surface area contributed by atoms with Crippen LogP contribution in [0, 0.1) is 0 Å². The van der Waals surface area contributed by atoms with Crippen LogP contribution >= 0.6 is 0 Å². The predicted molar refractivity (Wildman–Crippen MR) is 91.8 cm³/mol. The Morgan fingerprint density at radius 1 is 1.17 bits per heavy atom. The Hall–Kier alpha value is -2.95. The number of rotatable bonds is 2. The second-order valence-corrected chi connectivity index (χ2v) is 6.00. The Bertz CT molecular complexity index is 949. The van der Waals surface area contributed by atoms with Gasteiger partial charge in [0.2, 0.25) is 5.56 Å². The SMILES string of the molecule is O=C(c1cc(=O)[nH]c2ccccc12)N1CCCC1c1ccccn1. The number of pyridine rings is 2. The number of amides is 1. The van der Waals surface area contributed by atoms with Gasteiger partial charge >= 0.3 is 0 Å². The first-order valence-corrected chi connectivity index (χ1v) is 8.08. The fourth-order valence-electron chi connectivity index (χ4n) is 3.43. The van der Waals surface area contributed by atoms with Crippen LogP contribution in [-0.4, -0.2) is 27.3 Å². The molecule has 1 N–H and O–H groups in total. The number of para-hydroxylation sites is 1. The molecule has 5 nitrogen and oxygen atoms in total. The van der Waals surface area contributed by atoms with Gasteiger partial charge in [0.25, 0.3) is 5.91 Å². The second kappa shape index (κ2) is 5.92. The number of nitrogens with zero attached hydrogens (tertiary/aromatic N) is 2. The number of aromatic amines is 1. The Labute approximate surface area is 139 Å². The predicted octanol–water partition coefficient (Wildman–Crippen LogP) is 2.90. The molecule has 2 aromatic heterocycles. The molecule has 4 rings (SSSR count). The van der Waals surface area contributed by atoms with Crippen molar-refractivity contribution < 1.29 is 4.79 Å². The van der Waals surface area contributed by atoms with Crippen molar-refractivity contribution in [3.05, 3.63) is 76.3 Å². The van der Waals surface area contributed by atoms with Crippen LogP contribution in [0.25, 0.3) is 10.9 Å². The first kappa shape index (κ1) is 14.6. The van der Waals surface area contributed by atoms with Crippen LogP contribution < -0.4 is 5.56 Å². The lowest BCUT2D eigenvalue weighted by Gasteiger charge is -2.24. The van der Waals surface area contributed by atoms with Crippen LogP contribution in [0.1, 0.15) is 34.9 Å². The summed E-state index contributed by atoms with van der Waals surface area (Å²) in [5, 5.41) is 0.772. The van der Waals surface area contributed by atoms with Gasteiger partial charge in [0.15, 0.2) is 0 Å². The fraction of sp³-hybridized carbons (Fsp3) is 0.211. The number of carbonyl (C=O) groups excluding carboxylic acids is 1. The summed E-state index contributed by atoms with van der Waals surface area (Å²) in [6.45, 7) is 0.682. The van der Waals surface area contributed by atoms with Gasteiger partial charge in [-0.25, -0.2) is 0 Å². The second-order valence-electron chi connectivity index (χ2n) is 6.00. The quantitative estimate of drug-likeness (QED) is 0.790. The zero-order valence-corrected chi connectivity index (χ0v) is 13.1. The molecule has 24 heavy (non-hydrogen) atoms. The monoisotopic (exact) mass is 319 g/mol. The summed E-state index contributed by atoms with van der Waals surface area (Å²) in [4.78, 5) is 34.1. The van der Waals surface area contributed by atoms with Crippen molar-refractivity contribution in [2.75, 3.05) is 6.54 Å². The number of H-pyrrole nitrogens is 1. The van der Waals surface area contributed by atoms with Gasteiger partial charge < -0.3 is 9.88 Å². The topological polar surface area (TPSA) is 66.1 Å². The molecule has 1 atom stereocenters. The number of carbonyl (C=O) groups is 1. The Kier molecular flexibility index (Phi) is 3.61. The lowest BCUT2D eigenvalue weighted by molar-refractivity contribution is 0.0734. The average molecular weight is 319 g/mol. The third-order valence-electron chi connectivity index (χ3n) is 4.52. The average Bonchev–Trinajstić information content (AvgIpc) is 3.11. The summed E-state index contributed by atoms with van der Waals surface area (Å²) in [6, 6.07) is 14.5. The minimum Gasteiger partial charge on any atom is -0.330 e. The maximum absolute atomic E-state index is 13.1. The molecule has 0 spiro atoms. The molecule has 3 heterocycles. The molecule has 1 aromatic carbocycles. The van der Waals surface area contributed by atoms with E-state index in [0.717, 1.165) is 23.9 Å². The summed E-state index contributed by atoms with van der Waals surface area (Å²) in [7, 11) is 0. The van der Waals surface area contributed by atoms with Crippen molar-refractivity contribution in [2.45, 2.75) is 18.9 Å². The van der Waals surface area contributed by atoms with Gasteiger partial charge in [-0.3, -0.25) is 14.6 Å². The molecule has 1 fully saturated rings. The molecule has 120 valence electrons. The molecule has 1 aliphatic heterocycles. The number of likely N-dealkylation sites (tertiary alicyclic amines) is 1. The minimum absolute atomic E-state index is 0.0308. The van der Waals surface area contributed by atoms with E-state index in [9.17, 15) is 9.59 Å².